The number of rotatable bonds is 3. The van der Waals surface area contributed by atoms with Gasteiger partial charge in [-0.1, -0.05) is 0 Å². The molecule has 0 aliphatic heterocycles. The Labute approximate surface area is 103 Å². The number of nitriles is 1. The molecule has 0 spiro atoms. The quantitative estimate of drug-likeness (QED) is 0.857. The summed E-state index contributed by atoms with van der Waals surface area (Å²) in [6, 6.07) is 1.68. The van der Waals surface area contributed by atoms with Crippen LogP contribution >= 0.6 is 22.6 Å². The summed E-state index contributed by atoms with van der Waals surface area (Å²) in [6.07, 6.45) is -2.33. The lowest BCUT2D eigenvalue weighted by atomic mass is 10.1. The molecule has 0 radical (unpaired) electrons. The number of alkyl halides is 2. The van der Waals surface area contributed by atoms with Crippen molar-refractivity contribution >= 4 is 28.6 Å². The van der Waals surface area contributed by atoms with Gasteiger partial charge < -0.3 is 5.11 Å². The van der Waals surface area contributed by atoms with E-state index in [-0.39, 0.29) is 20.4 Å². The smallest absolute Gasteiger partial charge is 0.307 e. The van der Waals surface area contributed by atoms with Gasteiger partial charge in [0.25, 0.3) is 6.43 Å². The van der Waals surface area contributed by atoms with Gasteiger partial charge in [-0.15, -0.1) is 0 Å². The monoisotopic (exact) mass is 338 g/mol. The number of pyridine rings is 1. The number of hydrogen-bond donors (Lipinski definition) is 1. The normalized spacial score (nSPS) is 10.2. The van der Waals surface area contributed by atoms with Crippen molar-refractivity contribution in [3.8, 4) is 6.07 Å². The summed E-state index contributed by atoms with van der Waals surface area (Å²) < 4.78 is 25.1. The van der Waals surface area contributed by atoms with E-state index in [0.29, 0.717) is 0 Å². The fourth-order valence-electron chi connectivity index (χ4n) is 1.11. The van der Waals surface area contributed by atoms with Crippen LogP contribution in [-0.4, -0.2) is 16.1 Å². The minimum Gasteiger partial charge on any atom is -0.481 e. The summed E-state index contributed by atoms with van der Waals surface area (Å²) in [5, 5.41) is 17.3. The van der Waals surface area contributed by atoms with Crippen molar-refractivity contribution < 1.29 is 18.7 Å². The largest absolute Gasteiger partial charge is 0.481 e. The standard InChI is InChI=1S/C9H5F2IN2O2/c10-9(11)5-3-14-6(2-13)4(8(5)12)1-7(15)16/h3,9H,1H2,(H,15,16). The Balaban J connectivity index is 3.35. The molecule has 0 saturated heterocycles. The Bertz CT molecular complexity index is 471. The summed E-state index contributed by atoms with van der Waals surface area (Å²) in [6.45, 7) is 0. The van der Waals surface area contributed by atoms with Crippen LogP contribution in [0.3, 0.4) is 0 Å². The van der Waals surface area contributed by atoms with Crippen molar-refractivity contribution in [1.29, 1.82) is 5.26 Å². The van der Waals surface area contributed by atoms with E-state index in [4.69, 9.17) is 10.4 Å². The molecule has 0 aliphatic carbocycles. The van der Waals surface area contributed by atoms with Crippen molar-refractivity contribution in [1.82, 2.24) is 4.98 Å². The van der Waals surface area contributed by atoms with Crippen molar-refractivity contribution in [3.05, 3.63) is 26.6 Å². The van der Waals surface area contributed by atoms with Gasteiger partial charge in [0.1, 0.15) is 11.8 Å². The summed E-state index contributed by atoms with van der Waals surface area (Å²) in [5.74, 6) is -1.19. The molecule has 0 aliphatic rings. The second-order valence-electron chi connectivity index (χ2n) is 2.84. The van der Waals surface area contributed by atoms with Crippen molar-refractivity contribution in [3.63, 3.8) is 0 Å². The molecule has 7 heteroatoms. The Morgan fingerprint density at radius 3 is 2.75 bits per heavy atom. The van der Waals surface area contributed by atoms with Crippen LogP contribution in [0, 0.1) is 14.9 Å². The second-order valence-corrected chi connectivity index (χ2v) is 3.92. The third-order valence-corrected chi connectivity index (χ3v) is 3.08. The number of hydrogen-bond acceptors (Lipinski definition) is 3. The van der Waals surface area contributed by atoms with E-state index >= 15 is 0 Å². The van der Waals surface area contributed by atoms with Gasteiger partial charge in [0, 0.05) is 20.9 Å². The SMILES string of the molecule is N#Cc1ncc(C(F)F)c(I)c1CC(=O)O. The Hall–Kier alpha value is -1.30. The van der Waals surface area contributed by atoms with Crippen molar-refractivity contribution in [2.75, 3.05) is 0 Å². The van der Waals surface area contributed by atoms with Gasteiger partial charge in [0.15, 0.2) is 0 Å². The number of carbonyl (C=O) groups is 1. The van der Waals surface area contributed by atoms with E-state index < -0.39 is 18.8 Å². The molecule has 1 aromatic heterocycles. The van der Waals surface area contributed by atoms with Gasteiger partial charge >= 0.3 is 5.97 Å². The van der Waals surface area contributed by atoms with Gasteiger partial charge in [0.05, 0.1) is 6.42 Å². The molecule has 0 amide bonds. The molecule has 0 fully saturated rings. The molecular weight excluding hydrogens is 333 g/mol. The zero-order valence-electron chi connectivity index (χ0n) is 7.75. The average molecular weight is 338 g/mol. The van der Waals surface area contributed by atoms with Crippen LogP contribution in [0.1, 0.15) is 23.2 Å². The van der Waals surface area contributed by atoms with E-state index in [9.17, 15) is 13.6 Å². The van der Waals surface area contributed by atoms with E-state index in [1.807, 2.05) is 0 Å². The van der Waals surface area contributed by atoms with Gasteiger partial charge in [0.2, 0.25) is 0 Å². The fourth-order valence-corrected chi connectivity index (χ4v) is 1.93. The zero-order valence-corrected chi connectivity index (χ0v) is 9.90. The van der Waals surface area contributed by atoms with Gasteiger partial charge in [-0.2, -0.15) is 5.26 Å². The molecule has 1 heterocycles. The van der Waals surface area contributed by atoms with Gasteiger partial charge in [-0.3, -0.25) is 4.79 Å². The zero-order chi connectivity index (χ0) is 12.3. The van der Waals surface area contributed by atoms with Crippen LogP contribution in [0.2, 0.25) is 0 Å². The lowest BCUT2D eigenvalue weighted by Gasteiger charge is -2.08. The summed E-state index contributed by atoms with van der Waals surface area (Å²) in [4.78, 5) is 14.1. The highest BCUT2D eigenvalue weighted by molar-refractivity contribution is 14.1. The highest BCUT2D eigenvalue weighted by Crippen LogP contribution is 2.27. The molecule has 1 aromatic rings. The first-order chi connectivity index (χ1) is 7.47. The minimum absolute atomic E-state index is 0.0356. The predicted molar refractivity (Wildman–Crippen MR) is 58.0 cm³/mol. The molecule has 1 rings (SSSR count). The van der Waals surface area contributed by atoms with E-state index in [1.165, 1.54) is 0 Å². The number of nitrogens with zero attached hydrogens (tertiary/aromatic N) is 2. The maximum absolute atomic E-state index is 12.5. The average Bonchev–Trinajstić information content (AvgIpc) is 2.19. The lowest BCUT2D eigenvalue weighted by Crippen LogP contribution is -2.08. The topological polar surface area (TPSA) is 74.0 Å². The summed E-state index contributed by atoms with van der Waals surface area (Å²) in [7, 11) is 0. The van der Waals surface area contributed by atoms with Crippen LogP contribution in [0.15, 0.2) is 6.20 Å². The third kappa shape index (κ3) is 2.63. The molecule has 0 atom stereocenters. The second kappa shape index (κ2) is 5.16. The molecule has 4 nitrogen and oxygen atoms in total. The van der Waals surface area contributed by atoms with Crippen molar-refractivity contribution in [2.45, 2.75) is 12.8 Å². The number of aromatic nitrogens is 1. The predicted octanol–water partition coefficient (Wildman–Crippen LogP) is 2.12. The molecule has 0 unspecified atom stereocenters. The number of halogens is 3. The minimum atomic E-state index is -2.74. The Morgan fingerprint density at radius 1 is 1.69 bits per heavy atom. The first-order valence-electron chi connectivity index (χ1n) is 4.04. The maximum atomic E-state index is 12.5. The summed E-state index contributed by atoms with van der Waals surface area (Å²) >= 11 is 1.60. The van der Waals surface area contributed by atoms with Gasteiger partial charge in [-0.25, -0.2) is 13.8 Å². The van der Waals surface area contributed by atoms with Crippen molar-refractivity contribution in [2.24, 2.45) is 0 Å². The molecule has 1 N–H and O–H groups in total. The van der Waals surface area contributed by atoms with E-state index in [0.717, 1.165) is 6.20 Å². The maximum Gasteiger partial charge on any atom is 0.307 e. The third-order valence-electron chi connectivity index (χ3n) is 1.81. The number of carboxylic acids is 1. The van der Waals surface area contributed by atoms with Gasteiger partial charge in [-0.05, 0) is 22.6 Å². The Kier molecular flexibility index (Phi) is 4.12. The molecular formula is C9H5F2IN2O2. The summed E-state index contributed by atoms with van der Waals surface area (Å²) in [5.41, 5.74) is -0.444. The number of aliphatic carboxylic acids is 1. The van der Waals surface area contributed by atoms with Crippen LogP contribution in [-0.2, 0) is 11.2 Å². The molecule has 0 saturated carbocycles. The lowest BCUT2D eigenvalue weighted by molar-refractivity contribution is -0.136. The fraction of sp³-hybridized carbons (Fsp3) is 0.222. The van der Waals surface area contributed by atoms with Crippen LogP contribution in [0.25, 0.3) is 0 Å². The van der Waals surface area contributed by atoms with E-state index in [2.05, 4.69) is 4.98 Å². The molecule has 0 bridgehead atoms. The molecule has 16 heavy (non-hydrogen) atoms. The first kappa shape index (κ1) is 12.8. The molecule has 84 valence electrons. The van der Waals surface area contributed by atoms with Crippen LogP contribution in [0.4, 0.5) is 8.78 Å². The van der Waals surface area contributed by atoms with Crippen LogP contribution < -0.4 is 0 Å². The Morgan fingerprint density at radius 2 is 2.31 bits per heavy atom. The first-order valence-corrected chi connectivity index (χ1v) is 5.12. The highest BCUT2D eigenvalue weighted by Gasteiger charge is 2.20. The van der Waals surface area contributed by atoms with Crippen LogP contribution in [0.5, 0.6) is 0 Å². The highest BCUT2D eigenvalue weighted by atomic mass is 127. The van der Waals surface area contributed by atoms with E-state index in [1.54, 1.807) is 28.7 Å². The molecule has 0 aromatic carbocycles. The number of carboxylic acid groups (broad SMARTS) is 1.